The number of amides is 1. The second kappa shape index (κ2) is 5.41. The second-order valence-corrected chi connectivity index (χ2v) is 5.35. The van der Waals surface area contributed by atoms with Gasteiger partial charge in [0, 0.05) is 12.5 Å². The minimum absolute atomic E-state index is 0.165. The number of hydrogen-bond donors (Lipinski definition) is 1. The number of hydrogen-bond acceptors (Lipinski definition) is 6. The third kappa shape index (κ3) is 2.79. The van der Waals surface area contributed by atoms with Crippen LogP contribution in [-0.2, 0) is 11.8 Å². The van der Waals surface area contributed by atoms with Crippen molar-refractivity contribution in [2.24, 2.45) is 7.05 Å². The molecular weight excluding hydrogens is 288 g/mol. The molecule has 8 heteroatoms. The summed E-state index contributed by atoms with van der Waals surface area (Å²) < 4.78 is 0. The van der Waals surface area contributed by atoms with Crippen LogP contribution in [0.15, 0.2) is 30.3 Å². The van der Waals surface area contributed by atoms with Gasteiger partial charge in [-0.25, -0.2) is 4.98 Å². The Labute approximate surface area is 124 Å². The summed E-state index contributed by atoms with van der Waals surface area (Å²) in [4.78, 5) is 17.9. The van der Waals surface area contributed by atoms with E-state index in [0.29, 0.717) is 11.0 Å². The number of nitrogens with zero attached hydrogens (tertiary/aromatic N) is 5. The standard InChI is InChI=1S/C13H12N6OS/c1-8(20)14-13-15-10(9-6-4-3-5-7-9)11(21-13)12-16-18-19(2)17-12/h3-7H,1-2H3,(H,14,15,20). The van der Waals surface area contributed by atoms with Crippen molar-refractivity contribution >= 4 is 22.4 Å². The molecule has 0 saturated carbocycles. The Morgan fingerprint density at radius 1 is 1.29 bits per heavy atom. The van der Waals surface area contributed by atoms with Crippen LogP contribution < -0.4 is 5.32 Å². The molecule has 0 atom stereocenters. The molecule has 106 valence electrons. The largest absolute Gasteiger partial charge is 0.302 e. The van der Waals surface area contributed by atoms with Gasteiger partial charge in [0.05, 0.1) is 12.7 Å². The number of aryl methyl sites for hydroxylation is 1. The molecule has 3 aromatic rings. The molecule has 2 heterocycles. The highest BCUT2D eigenvalue weighted by Gasteiger charge is 2.18. The average molecular weight is 300 g/mol. The molecule has 1 N–H and O–H groups in total. The van der Waals surface area contributed by atoms with Crippen molar-refractivity contribution in [2.75, 3.05) is 5.32 Å². The lowest BCUT2D eigenvalue weighted by molar-refractivity contribution is -0.114. The number of tetrazole rings is 1. The summed E-state index contributed by atoms with van der Waals surface area (Å²) in [5, 5.41) is 15.3. The molecule has 0 unspecified atom stereocenters. The number of nitrogens with one attached hydrogen (secondary N) is 1. The highest BCUT2D eigenvalue weighted by atomic mass is 32.1. The lowest BCUT2D eigenvalue weighted by Gasteiger charge is -1.98. The van der Waals surface area contributed by atoms with Crippen molar-refractivity contribution < 1.29 is 4.79 Å². The number of benzene rings is 1. The molecule has 0 aliphatic rings. The zero-order chi connectivity index (χ0) is 14.8. The summed E-state index contributed by atoms with van der Waals surface area (Å²) in [7, 11) is 1.70. The van der Waals surface area contributed by atoms with Crippen LogP contribution in [0, 0.1) is 0 Å². The molecule has 3 rings (SSSR count). The van der Waals surface area contributed by atoms with E-state index in [1.165, 1.54) is 23.1 Å². The van der Waals surface area contributed by atoms with Crippen LogP contribution in [-0.4, -0.2) is 31.1 Å². The zero-order valence-electron chi connectivity index (χ0n) is 11.4. The molecule has 7 nitrogen and oxygen atoms in total. The molecule has 0 bridgehead atoms. The van der Waals surface area contributed by atoms with Crippen molar-refractivity contribution in [1.82, 2.24) is 25.2 Å². The van der Waals surface area contributed by atoms with E-state index in [0.717, 1.165) is 16.1 Å². The number of carbonyl (C=O) groups excluding carboxylic acids is 1. The van der Waals surface area contributed by atoms with Gasteiger partial charge in [-0.15, -0.1) is 10.2 Å². The monoisotopic (exact) mass is 300 g/mol. The fourth-order valence-electron chi connectivity index (χ4n) is 1.84. The Balaban J connectivity index is 2.12. The van der Waals surface area contributed by atoms with E-state index in [2.05, 4.69) is 25.7 Å². The summed E-state index contributed by atoms with van der Waals surface area (Å²) in [5.74, 6) is 0.326. The van der Waals surface area contributed by atoms with E-state index in [1.807, 2.05) is 30.3 Å². The minimum atomic E-state index is -0.165. The van der Waals surface area contributed by atoms with Crippen LogP contribution in [0.1, 0.15) is 6.92 Å². The quantitative estimate of drug-likeness (QED) is 0.799. The van der Waals surface area contributed by atoms with Gasteiger partial charge in [0.25, 0.3) is 0 Å². The maximum absolute atomic E-state index is 11.2. The fraction of sp³-hybridized carbons (Fsp3) is 0.154. The van der Waals surface area contributed by atoms with Crippen LogP contribution in [0.3, 0.4) is 0 Å². The smallest absolute Gasteiger partial charge is 0.223 e. The van der Waals surface area contributed by atoms with Gasteiger partial charge in [-0.2, -0.15) is 4.80 Å². The Hall–Kier alpha value is -2.61. The van der Waals surface area contributed by atoms with Gasteiger partial charge in [-0.05, 0) is 5.21 Å². The van der Waals surface area contributed by atoms with Crippen LogP contribution in [0.5, 0.6) is 0 Å². The van der Waals surface area contributed by atoms with E-state index < -0.39 is 0 Å². The summed E-state index contributed by atoms with van der Waals surface area (Å²) in [6.45, 7) is 1.45. The summed E-state index contributed by atoms with van der Waals surface area (Å²) in [5.41, 5.74) is 1.67. The fourth-order valence-corrected chi connectivity index (χ4v) is 2.80. The van der Waals surface area contributed by atoms with Crippen LogP contribution >= 0.6 is 11.3 Å². The minimum Gasteiger partial charge on any atom is -0.302 e. The Kier molecular flexibility index (Phi) is 3.44. The molecule has 21 heavy (non-hydrogen) atoms. The summed E-state index contributed by atoms with van der Waals surface area (Å²) in [6, 6.07) is 9.70. The normalized spacial score (nSPS) is 10.6. The van der Waals surface area contributed by atoms with Gasteiger partial charge in [0.2, 0.25) is 11.7 Å². The second-order valence-electron chi connectivity index (χ2n) is 4.35. The molecule has 0 aliphatic heterocycles. The maximum Gasteiger partial charge on any atom is 0.223 e. The van der Waals surface area contributed by atoms with Gasteiger partial charge in [0.1, 0.15) is 4.88 Å². The van der Waals surface area contributed by atoms with E-state index in [1.54, 1.807) is 7.05 Å². The average Bonchev–Trinajstić information content (AvgIpc) is 3.05. The van der Waals surface area contributed by atoms with E-state index in [4.69, 9.17) is 0 Å². The Bertz CT molecular complexity index is 779. The number of anilines is 1. The molecule has 0 saturated heterocycles. The third-order valence-corrected chi connectivity index (χ3v) is 3.64. The SMILES string of the molecule is CC(=O)Nc1nc(-c2ccccc2)c(-c2nnn(C)n2)s1. The highest BCUT2D eigenvalue weighted by Crippen LogP contribution is 2.37. The van der Waals surface area contributed by atoms with Crippen molar-refractivity contribution in [3.8, 4) is 22.0 Å². The Morgan fingerprint density at radius 3 is 2.67 bits per heavy atom. The van der Waals surface area contributed by atoms with Crippen molar-refractivity contribution in [3.05, 3.63) is 30.3 Å². The topological polar surface area (TPSA) is 85.6 Å². The van der Waals surface area contributed by atoms with Gasteiger partial charge >= 0.3 is 0 Å². The van der Waals surface area contributed by atoms with Crippen LogP contribution in [0.25, 0.3) is 22.0 Å². The first-order chi connectivity index (χ1) is 10.1. The lowest BCUT2D eigenvalue weighted by atomic mass is 10.1. The molecule has 2 aromatic heterocycles. The van der Waals surface area contributed by atoms with Crippen LogP contribution in [0.2, 0.25) is 0 Å². The lowest BCUT2D eigenvalue weighted by Crippen LogP contribution is -2.04. The van der Waals surface area contributed by atoms with Gasteiger partial charge < -0.3 is 5.32 Å². The number of rotatable bonds is 3. The predicted molar refractivity (Wildman–Crippen MR) is 79.6 cm³/mol. The number of carbonyl (C=O) groups is 1. The molecule has 0 fully saturated rings. The number of thiazole rings is 1. The van der Waals surface area contributed by atoms with E-state index >= 15 is 0 Å². The molecule has 0 radical (unpaired) electrons. The number of aromatic nitrogens is 5. The molecule has 1 amide bonds. The van der Waals surface area contributed by atoms with Gasteiger partial charge in [0.15, 0.2) is 5.13 Å². The van der Waals surface area contributed by atoms with Crippen LogP contribution in [0.4, 0.5) is 5.13 Å². The summed E-state index contributed by atoms with van der Waals surface area (Å²) in [6.07, 6.45) is 0. The first-order valence-electron chi connectivity index (χ1n) is 6.21. The van der Waals surface area contributed by atoms with Crippen molar-refractivity contribution in [3.63, 3.8) is 0 Å². The summed E-state index contributed by atoms with van der Waals surface area (Å²) >= 11 is 1.33. The zero-order valence-corrected chi connectivity index (χ0v) is 12.3. The molecule has 0 spiro atoms. The van der Waals surface area contributed by atoms with Crippen molar-refractivity contribution in [1.29, 1.82) is 0 Å². The first kappa shape index (κ1) is 13.4. The van der Waals surface area contributed by atoms with E-state index in [9.17, 15) is 4.79 Å². The molecule has 0 aliphatic carbocycles. The predicted octanol–water partition coefficient (Wildman–Crippen LogP) is 1.96. The highest BCUT2D eigenvalue weighted by molar-refractivity contribution is 7.19. The molecular formula is C13H12N6OS. The van der Waals surface area contributed by atoms with Crippen molar-refractivity contribution in [2.45, 2.75) is 6.92 Å². The first-order valence-corrected chi connectivity index (χ1v) is 7.03. The Morgan fingerprint density at radius 2 is 2.05 bits per heavy atom. The third-order valence-electron chi connectivity index (χ3n) is 2.67. The maximum atomic E-state index is 11.2. The molecule has 1 aromatic carbocycles. The van der Waals surface area contributed by atoms with Gasteiger partial charge in [-0.3, -0.25) is 4.79 Å². The van der Waals surface area contributed by atoms with E-state index in [-0.39, 0.29) is 5.91 Å². The van der Waals surface area contributed by atoms with Gasteiger partial charge in [-0.1, -0.05) is 41.7 Å².